The molecule has 0 radical (unpaired) electrons. The van der Waals surface area contributed by atoms with Crippen molar-refractivity contribution in [2.75, 3.05) is 27.0 Å². The Balaban J connectivity index is 1.49. The number of nitrogens with zero attached hydrogens (tertiary/aromatic N) is 1. The van der Waals surface area contributed by atoms with Crippen molar-refractivity contribution in [2.45, 2.75) is 81.1 Å². The van der Waals surface area contributed by atoms with Gasteiger partial charge in [-0.25, -0.2) is 4.79 Å². The molecular formula is C28H37NO7. The van der Waals surface area contributed by atoms with Crippen LogP contribution in [0.4, 0.5) is 0 Å². The first-order valence-corrected chi connectivity index (χ1v) is 12.8. The number of esters is 1. The number of fused-ring (bicyclic) bond motifs is 3. The van der Waals surface area contributed by atoms with E-state index in [1.54, 1.807) is 21.0 Å². The lowest BCUT2D eigenvalue weighted by atomic mass is 9.77. The van der Waals surface area contributed by atoms with Gasteiger partial charge in [-0.05, 0) is 94.3 Å². The van der Waals surface area contributed by atoms with E-state index >= 15 is 0 Å². The molecular weight excluding hydrogens is 462 g/mol. The monoisotopic (exact) mass is 499 g/mol. The van der Waals surface area contributed by atoms with E-state index in [1.165, 1.54) is 6.08 Å². The average molecular weight is 500 g/mol. The second kappa shape index (κ2) is 9.08. The second-order valence-corrected chi connectivity index (χ2v) is 11.1. The maximum Gasteiger partial charge on any atom is 0.342 e. The van der Waals surface area contributed by atoms with Crippen LogP contribution in [0.3, 0.4) is 0 Å². The minimum Gasteiger partial charge on any atom is -0.497 e. The highest BCUT2D eigenvalue weighted by molar-refractivity contribution is 5.82. The van der Waals surface area contributed by atoms with Crippen molar-refractivity contribution in [1.29, 1.82) is 0 Å². The fourth-order valence-electron chi connectivity index (χ4n) is 6.39. The Labute approximate surface area is 212 Å². The molecule has 5 rings (SSSR count). The average Bonchev–Trinajstić information content (AvgIpc) is 3.51. The molecule has 3 heterocycles. The molecule has 1 fully saturated rings. The van der Waals surface area contributed by atoms with Gasteiger partial charge in [-0.2, -0.15) is 0 Å². The van der Waals surface area contributed by atoms with Crippen molar-refractivity contribution in [2.24, 2.45) is 0 Å². The molecule has 1 unspecified atom stereocenters. The summed E-state index contributed by atoms with van der Waals surface area (Å²) in [5.74, 6) is 1.06. The molecule has 0 bridgehead atoms. The lowest BCUT2D eigenvalue weighted by Crippen LogP contribution is -2.48. The number of methoxy groups -OCH3 is 1. The Morgan fingerprint density at radius 3 is 2.69 bits per heavy atom. The summed E-state index contributed by atoms with van der Waals surface area (Å²) in [6.45, 7) is 9.14. The zero-order chi connectivity index (χ0) is 25.7. The number of rotatable bonds is 8. The highest BCUT2D eigenvalue weighted by Crippen LogP contribution is 2.55. The van der Waals surface area contributed by atoms with E-state index in [2.05, 4.69) is 17.6 Å². The number of ether oxygens (including phenoxy) is 4. The summed E-state index contributed by atoms with van der Waals surface area (Å²) in [7, 11) is 1.59. The molecule has 0 saturated carbocycles. The lowest BCUT2D eigenvalue weighted by Gasteiger charge is -2.39. The van der Waals surface area contributed by atoms with Crippen molar-refractivity contribution in [1.82, 2.24) is 4.90 Å². The summed E-state index contributed by atoms with van der Waals surface area (Å²) in [6, 6.07) is 4.08. The van der Waals surface area contributed by atoms with Crippen molar-refractivity contribution in [3.8, 4) is 11.5 Å². The number of benzene rings is 1. The normalized spacial score (nSPS) is 28.3. The largest absolute Gasteiger partial charge is 0.497 e. The topological polar surface area (TPSA) is 97.7 Å². The molecule has 3 aliphatic heterocycles. The Morgan fingerprint density at radius 2 is 2.00 bits per heavy atom. The van der Waals surface area contributed by atoms with Gasteiger partial charge in [0.1, 0.15) is 5.76 Å². The van der Waals surface area contributed by atoms with Crippen LogP contribution in [0.2, 0.25) is 0 Å². The molecule has 4 aliphatic rings. The summed E-state index contributed by atoms with van der Waals surface area (Å²) >= 11 is 0. The molecule has 1 aromatic rings. The van der Waals surface area contributed by atoms with Crippen LogP contribution in [-0.4, -0.2) is 70.9 Å². The molecule has 0 amide bonds. The standard InChI is InChI=1S/C28H37NO7/c1-5-28(32,11-6-9-26(2,3)31)25(30)36-24-22(33-4)16-27-10-7-12-29(27)13-8-18-14-20-21(35-17-34-20)15-19(18)23(24)27/h5,14-16,23-24,31-32H,1,6-13,17H2,2-4H3/t23-,24?,27-,28+/m1/s1. The van der Waals surface area contributed by atoms with Crippen LogP contribution in [0.1, 0.15) is 63.0 Å². The minimum atomic E-state index is -1.86. The van der Waals surface area contributed by atoms with Gasteiger partial charge in [0.2, 0.25) is 6.79 Å². The van der Waals surface area contributed by atoms with Gasteiger partial charge in [0, 0.05) is 6.54 Å². The van der Waals surface area contributed by atoms with Crippen LogP contribution < -0.4 is 9.47 Å². The highest BCUT2D eigenvalue weighted by atomic mass is 16.7. The third kappa shape index (κ3) is 4.19. The molecule has 1 saturated heterocycles. The molecule has 8 nitrogen and oxygen atoms in total. The quantitative estimate of drug-likeness (QED) is 0.416. The number of hydrogen-bond acceptors (Lipinski definition) is 8. The van der Waals surface area contributed by atoms with Crippen LogP contribution in [0.5, 0.6) is 11.5 Å². The Hall–Kier alpha value is -2.55. The van der Waals surface area contributed by atoms with E-state index in [0.29, 0.717) is 24.4 Å². The SMILES string of the molecule is C=C[C@](O)(CCCC(C)(C)O)C(=O)OC1C(OC)=C[C@@]23CCCN2CCc2cc4c(cc2[C@H]13)OCO4. The summed E-state index contributed by atoms with van der Waals surface area (Å²) < 4.78 is 23.3. The van der Waals surface area contributed by atoms with Gasteiger partial charge in [-0.3, -0.25) is 4.90 Å². The van der Waals surface area contributed by atoms with Crippen LogP contribution in [0, 0.1) is 0 Å². The van der Waals surface area contributed by atoms with Crippen molar-refractivity contribution < 1.29 is 34.0 Å². The van der Waals surface area contributed by atoms with Gasteiger partial charge < -0.3 is 29.2 Å². The van der Waals surface area contributed by atoms with E-state index in [1.807, 2.05) is 12.1 Å². The number of aliphatic hydroxyl groups is 2. The predicted octanol–water partition coefficient (Wildman–Crippen LogP) is 3.20. The van der Waals surface area contributed by atoms with E-state index in [0.717, 1.165) is 49.2 Å². The van der Waals surface area contributed by atoms with Crippen molar-refractivity contribution >= 4 is 5.97 Å². The molecule has 4 atom stereocenters. The van der Waals surface area contributed by atoms with E-state index in [9.17, 15) is 15.0 Å². The van der Waals surface area contributed by atoms with E-state index in [-0.39, 0.29) is 24.7 Å². The minimum absolute atomic E-state index is 0.106. The third-order valence-corrected chi connectivity index (χ3v) is 8.24. The zero-order valence-electron chi connectivity index (χ0n) is 21.4. The summed E-state index contributed by atoms with van der Waals surface area (Å²) in [6.07, 6.45) is 6.45. The molecule has 8 heteroatoms. The van der Waals surface area contributed by atoms with Gasteiger partial charge in [-0.15, -0.1) is 0 Å². The second-order valence-electron chi connectivity index (χ2n) is 11.1. The number of hydrogen-bond donors (Lipinski definition) is 2. The van der Waals surface area contributed by atoms with Gasteiger partial charge in [0.15, 0.2) is 23.2 Å². The fourth-order valence-corrected chi connectivity index (χ4v) is 6.39. The van der Waals surface area contributed by atoms with Gasteiger partial charge >= 0.3 is 5.97 Å². The first-order valence-electron chi connectivity index (χ1n) is 12.8. The number of carbonyl (C=O) groups is 1. The Kier molecular flexibility index (Phi) is 6.34. The molecule has 0 aromatic heterocycles. The summed E-state index contributed by atoms with van der Waals surface area (Å²) in [4.78, 5) is 15.9. The number of carbonyl (C=O) groups excluding carboxylic acids is 1. The molecule has 1 aliphatic carbocycles. The molecule has 1 aromatic carbocycles. The van der Waals surface area contributed by atoms with Crippen LogP contribution >= 0.6 is 0 Å². The molecule has 2 N–H and O–H groups in total. The van der Waals surface area contributed by atoms with Crippen molar-refractivity contribution in [3.63, 3.8) is 0 Å². The van der Waals surface area contributed by atoms with E-state index < -0.39 is 23.3 Å². The Morgan fingerprint density at radius 1 is 1.25 bits per heavy atom. The van der Waals surface area contributed by atoms with Crippen molar-refractivity contribution in [3.05, 3.63) is 47.7 Å². The summed E-state index contributed by atoms with van der Waals surface area (Å²) in [5.41, 5.74) is -0.888. The first kappa shape index (κ1) is 25.1. The first-order chi connectivity index (χ1) is 17.1. The maximum atomic E-state index is 13.5. The van der Waals surface area contributed by atoms with Gasteiger partial charge in [0.05, 0.1) is 24.2 Å². The molecule has 196 valence electrons. The maximum absolute atomic E-state index is 13.5. The Bertz CT molecular complexity index is 1080. The van der Waals surface area contributed by atoms with Gasteiger partial charge in [-0.1, -0.05) is 6.58 Å². The lowest BCUT2D eigenvalue weighted by molar-refractivity contribution is -0.168. The van der Waals surface area contributed by atoms with E-state index in [4.69, 9.17) is 18.9 Å². The van der Waals surface area contributed by atoms with Crippen LogP contribution in [0.25, 0.3) is 0 Å². The van der Waals surface area contributed by atoms with Gasteiger partial charge in [0.25, 0.3) is 0 Å². The highest BCUT2D eigenvalue weighted by Gasteiger charge is 2.58. The smallest absolute Gasteiger partial charge is 0.342 e. The summed E-state index contributed by atoms with van der Waals surface area (Å²) in [5, 5.41) is 21.2. The van der Waals surface area contributed by atoms with Crippen LogP contribution in [-0.2, 0) is 20.7 Å². The zero-order valence-corrected chi connectivity index (χ0v) is 21.4. The third-order valence-electron chi connectivity index (χ3n) is 8.24. The van der Waals surface area contributed by atoms with Crippen LogP contribution in [0.15, 0.2) is 36.6 Å². The predicted molar refractivity (Wildman–Crippen MR) is 133 cm³/mol. The molecule has 1 spiro atoms. The molecule has 36 heavy (non-hydrogen) atoms. The fraction of sp³-hybridized carbons (Fsp3) is 0.607.